The number of para-hydroxylation sites is 1. The summed E-state index contributed by atoms with van der Waals surface area (Å²) >= 11 is 0. The van der Waals surface area contributed by atoms with Crippen molar-refractivity contribution in [3.8, 4) is 5.75 Å². The molecule has 0 aliphatic rings. The van der Waals surface area contributed by atoms with Crippen molar-refractivity contribution >= 4 is 11.0 Å². The summed E-state index contributed by atoms with van der Waals surface area (Å²) in [7, 11) is 0. The Hall–Kier alpha value is -2.33. The molecule has 0 radical (unpaired) electrons. The third-order valence-corrected chi connectivity index (χ3v) is 4.62. The van der Waals surface area contributed by atoms with Gasteiger partial charge in [0.2, 0.25) is 0 Å². The minimum absolute atomic E-state index is 0.258. The molecule has 1 atom stereocenters. The molecule has 0 saturated carbocycles. The summed E-state index contributed by atoms with van der Waals surface area (Å²) in [6.07, 6.45) is 1.19. The Morgan fingerprint density at radius 1 is 1.12 bits per heavy atom. The molecule has 0 saturated heterocycles. The van der Waals surface area contributed by atoms with E-state index in [9.17, 15) is 5.11 Å². The van der Waals surface area contributed by atoms with Crippen molar-refractivity contribution in [3.63, 3.8) is 0 Å². The first kappa shape index (κ1) is 17.5. The molecule has 1 unspecified atom stereocenters. The second-order valence-electron chi connectivity index (χ2n) is 6.98. The second kappa shape index (κ2) is 7.28. The number of benzene rings is 2. The zero-order valence-corrected chi connectivity index (χ0v) is 15.4. The number of rotatable bonds is 6. The Morgan fingerprint density at radius 3 is 2.60 bits per heavy atom. The number of hydrogen-bond donors (Lipinski definition) is 1. The van der Waals surface area contributed by atoms with E-state index in [-0.39, 0.29) is 6.61 Å². The van der Waals surface area contributed by atoms with Gasteiger partial charge in [-0.25, -0.2) is 4.98 Å². The van der Waals surface area contributed by atoms with Crippen molar-refractivity contribution in [1.29, 1.82) is 0 Å². The van der Waals surface area contributed by atoms with E-state index >= 15 is 0 Å². The van der Waals surface area contributed by atoms with E-state index in [0.29, 0.717) is 12.5 Å². The summed E-state index contributed by atoms with van der Waals surface area (Å²) in [4.78, 5) is 4.44. The quantitative estimate of drug-likeness (QED) is 0.732. The topological polar surface area (TPSA) is 47.3 Å². The van der Waals surface area contributed by atoms with Crippen LogP contribution in [0.4, 0.5) is 0 Å². The molecule has 0 spiro atoms. The first-order valence-corrected chi connectivity index (χ1v) is 8.77. The van der Waals surface area contributed by atoms with Gasteiger partial charge in [-0.3, -0.25) is 0 Å². The lowest BCUT2D eigenvalue weighted by Crippen LogP contribution is -2.23. The van der Waals surface area contributed by atoms with Crippen molar-refractivity contribution < 1.29 is 9.84 Å². The fourth-order valence-electron chi connectivity index (χ4n) is 3.01. The lowest BCUT2D eigenvalue weighted by molar-refractivity contribution is 0.0928. The maximum absolute atomic E-state index is 10.4. The van der Waals surface area contributed by atoms with Crippen LogP contribution < -0.4 is 4.74 Å². The Bertz CT molecular complexity index is 867. The molecule has 25 heavy (non-hydrogen) atoms. The zero-order chi connectivity index (χ0) is 18.0. The first-order valence-electron chi connectivity index (χ1n) is 8.77. The van der Waals surface area contributed by atoms with E-state index in [1.54, 1.807) is 6.33 Å². The molecule has 0 aliphatic heterocycles. The number of nitrogens with zero attached hydrogens (tertiary/aromatic N) is 2. The maximum Gasteiger partial charge on any atom is 0.122 e. The van der Waals surface area contributed by atoms with E-state index in [0.717, 1.165) is 22.3 Å². The van der Waals surface area contributed by atoms with Crippen molar-refractivity contribution in [1.82, 2.24) is 9.55 Å². The molecule has 4 heteroatoms. The largest absolute Gasteiger partial charge is 0.491 e. The molecule has 3 rings (SSSR count). The van der Waals surface area contributed by atoms with Crippen LogP contribution in [-0.2, 0) is 6.54 Å². The minimum Gasteiger partial charge on any atom is -0.491 e. The van der Waals surface area contributed by atoms with E-state index in [4.69, 9.17) is 4.74 Å². The lowest BCUT2D eigenvalue weighted by atomic mass is 10.0. The summed E-state index contributed by atoms with van der Waals surface area (Å²) in [6, 6.07) is 12.2. The highest BCUT2D eigenvalue weighted by Gasteiger charge is 2.12. The molecule has 0 aliphatic carbocycles. The fourth-order valence-corrected chi connectivity index (χ4v) is 3.01. The van der Waals surface area contributed by atoms with Crippen LogP contribution >= 0.6 is 0 Å². The van der Waals surface area contributed by atoms with Gasteiger partial charge in [0.15, 0.2) is 0 Å². The number of fused-ring (bicyclic) bond motifs is 1. The van der Waals surface area contributed by atoms with Crippen LogP contribution in [0.5, 0.6) is 5.75 Å². The highest BCUT2D eigenvalue weighted by atomic mass is 16.5. The number of aliphatic hydroxyl groups is 1. The van der Waals surface area contributed by atoms with Crippen LogP contribution in [-0.4, -0.2) is 27.4 Å². The Kier molecular flexibility index (Phi) is 5.09. The minimum atomic E-state index is -0.598. The van der Waals surface area contributed by atoms with E-state index in [1.165, 1.54) is 11.1 Å². The van der Waals surface area contributed by atoms with Gasteiger partial charge < -0.3 is 14.4 Å². The molecule has 4 nitrogen and oxygen atoms in total. The number of hydrogen-bond acceptors (Lipinski definition) is 3. The molecular formula is C21H26N2O2. The Labute approximate surface area is 149 Å². The molecule has 3 aromatic rings. The van der Waals surface area contributed by atoms with Gasteiger partial charge in [-0.15, -0.1) is 0 Å². The van der Waals surface area contributed by atoms with Crippen molar-refractivity contribution in [2.24, 2.45) is 0 Å². The maximum atomic E-state index is 10.4. The van der Waals surface area contributed by atoms with Gasteiger partial charge in [0.25, 0.3) is 0 Å². The number of imidazole rings is 1. The number of ether oxygens (including phenoxy) is 1. The standard InChI is InChI=1S/C21H26N2O2/c1-14(2)18-7-5-6-8-21(18)25-12-17(24)11-23-13-22-19-9-15(3)16(4)10-20(19)23/h5-10,13-14,17,24H,11-12H2,1-4H3. The molecule has 1 N–H and O–H groups in total. The predicted molar refractivity (Wildman–Crippen MR) is 101 cm³/mol. The molecule has 1 aromatic heterocycles. The predicted octanol–water partition coefficient (Wildman–Crippen LogP) is 4.22. The van der Waals surface area contributed by atoms with Gasteiger partial charge in [-0.2, -0.15) is 0 Å². The van der Waals surface area contributed by atoms with Crippen molar-refractivity contribution in [3.05, 3.63) is 59.4 Å². The summed E-state index contributed by atoms with van der Waals surface area (Å²) < 4.78 is 7.87. The summed E-state index contributed by atoms with van der Waals surface area (Å²) in [5.41, 5.74) is 5.62. The highest BCUT2D eigenvalue weighted by molar-refractivity contribution is 5.77. The van der Waals surface area contributed by atoms with Crippen LogP contribution in [0.1, 0.15) is 36.5 Å². The molecule has 0 amide bonds. The number of aromatic nitrogens is 2. The molecule has 0 fully saturated rings. The van der Waals surface area contributed by atoms with Crippen LogP contribution in [0, 0.1) is 13.8 Å². The third kappa shape index (κ3) is 3.85. The zero-order valence-electron chi connectivity index (χ0n) is 15.4. The average molecular weight is 338 g/mol. The Morgan fingerprint density at radius 2 is 1.84 bits per heavy atom. The summed E-state index contributed by atoms with van der Waals surface area (Å²) in [6.45, 7) is 9.18. The van der Waals surface area contributed by atoms with Crippen LogP contribution in [0.25, 0.3) is 11.0 Å². The summed E-state index contributed by atoms with van der Waals surface area (Å²) in [5.74, 6) is 1.23. The van der Waals surface area contributed by atoms with Gasteiger partial charge in [0, 0.05) is 0 Å². The normalized spacial score (nSPS) is 12.7. The molecule has 132 valence electrons. The molecule has 1 heterocycles. The van der Waals surface area contributed by atoms with Gasteiger partial charge in [-0.05, 0) is 54.7 Å². The molecule has 0 bridgehead atoms. The summed E-state index contributed by atoms with van der Waals surface area (Å²) in [5, 5.41) is 10.4. The number of aliphatic hydroxyl groups excluding tert-OH is 1. The van der Waals surface area contributed by atoms with Crippen molar-refractivity contribution in [2.75, 3.05) is 6.61 Å². The highest BCUT2D eigenvalue weighted by Crippen LogP contribution is 2.26. The first-order chi connectivity index (χ1) is 12.0. The lowest BCUT2D eigenvalue weighted by Gasteiger charge is -2.17. The molecular weight excluding hydrogens is 312 g/mol. The molecule has 2 aromatic carbocycles. The van der Waals surface area contributed by atoms with Crippen molar-refractivity contribution in [2.45, 2.75) is 46.3 Å². The van der Waals surface area contributed by atoms with Crippen LogP contribution in [0.15, 0.2) is 42.7 Å². The van der Waals surface area contributed by atoms with E-state index in [2.05, 4.69) is 50.9 Å². The van der Waals surface area contributed by atoms with Gasteiger partial charge >= 0.3 is 0 Å². The SMILES string of the molecule is Cc1cc2ncn(CC(O)COc3ccccc3C(C)C)c2cc1C. The third-order valence-electron chi connectivity index (χ3n) is 4.62. The average Bonchev–Trinajstić information content (AvgIpc) is 2.95. The van der Waals surface area contributed by atoms with Gasteiger partial charge in [-0.1, -0.05) is 32.0 Å². The smallest absolute Gasteiger partial charge is 0.122 e. The van der Waals surface area contributed by atoms with Gasteiger partial charge in [0.1, 0.15) is 18.5 Å². The van der Waals surface area contributed by atoms with E-state index in [1.807, 2.05) is 22.8 Å². The second-order valence-corrected chi connectivity index (χ2v) is 6.98. The van der Waals surface area contributed by atoms with E-state index < -0.39 is 6.10 Å². The Balaban J connectivity index is 1.69. The monoisotopic (exact) mass is 338 g/mol. The van der Waals surface area contributed by atoms with Crippen LogP contribution in [0.3, 0.4) is 0 Å². The van der Waals surface area contributed by atoms with Gasteiger partial charge in [0.05, 0.1) is 23.9 Å². The number of aryl methyl sites for hydroxylation is 2. The fraction of sp³-hybridized carbons (Fsp3) is 0.381. The van der Waals surface area contributed by atoms with Crippen LogP contribution in [0.2, 0.25) is 0 Å².